The molecule has 1 aliphatic carbocycles. The number of hydrogen-bond acceptors (Lipinski definition) is 3. The molecule has 2 amide bonds. The van der Waals surface area contributed by atoms with Gasteiger partial charge in [-0.05, 0) is 37.8 Å². The number of amides is 2. The minimum Gasteiger partial charge on any atom is -0.342 e. The molecule has 1 aliphatic heterocycles. The zero-order chi connectivity index (χ0) is 18.9. The Morgan fingerprint density at radius 2 is 1.96 bits per heavy atom. The summed E-state index contributed by atoms with van der Waals surface area (Å²) in [5, 5.41) is 3.01. The molecule has 0 bridgehead atoms. The van der Waals surface area contributed by atoms with Gasteiger partial charge in [0, 0.05) is 25.9 Å². The molecule has 0 spiro atoms. The number of aromatic nitrogens is 2. The quantitative estimate of drug-likeness (QED) is 0.874. The number of nitrogens with one attached hydrogen (secondary N) is 2. The molecule has 2 aromatic rings. The maximum atomic E-state index is 13.4. The van der Waals surface area contributed by atoms with Crippen LogP contribution in [-0.4, -0.2) is 45.3 Å². The van der Waals surface area contributed by atoms with Gasteiger partial charge in [-0.1, -0.05) is 31.4 Å². The van der Waals surface area contributed by atoms with Gasteiger partial charge in [-0.2, -0.15) is 0 Å². The predicted molar refractivity (Wildman–Crippen MR) is 104 cm³/mol. The van der Waals surface area contributed by atoms with E-state index in [2.05, 4.69) is 10.3 Å². The lowest BCUT2D eigenvalue weighted by molar-refractivity contribution is -0.144. The Morgan fingerprint density at radius 3 is 2.70 bits per heavy atom. The van der Waals surface area contributed by atoms with Crippen LogP contribution < -0.4 is 5.32 Å². The second kappa shape index (κ2) is 7.33. The van der Waals surface area contributed by atoms with Crippen molar-refractivity contribution in [3.8, 4) is 0 Å². The van der Waals surface area contributed by atoms with Gasteiger partial charge in [0.1, 0.15) is 11.4 Å². The summed E-state index contributed by atoms with van der Waals surface area (Å²) >= 11 is 0. The number of carbonyl (C=O) groups is 2. The van der Waals surface area contributed by atoms with Crippen molar-refractivity contribution < 1.29 is 9.59 Å². The van der Waals surface area contributed by atoms with E-state index >= 15 is 0 Å². The Kier molecular flexibility index (Phi) is 4.89. The molecule has 2 heterocycles. The SMILES string of the molecule is CC(=O)NC1(C(=O)N2CCCC(c3nc4ccccc4[nH]3)C2)CCCCC1. The van der Waals surface area contributed by atoms with Crippen molar-refractivity contribution in [1.29, 1.82) is 0 Å². The van der Waals surface area contributed by atoms with Crippen LogP contribution in [-0.2, 0) is 9.59 Å². The van der Waals surface area contributed by atoms with Crippen LogP contribution in [0.2, 0.25) is 0 Å². The first-order chi connectivity index (χ1) is 13.1. The lowest BCUT2D eigenvalue weighted by Gasteiger charge is -2.42. The summed E-state index contributed by atoms with van der Waals surface area (Å²) in [5.74, 6) is 1.16. The van der Waals surface area contributed by atoms with E-state index in [4.69, 9.17) is 4.98 Å². The molecule has 1 saturated heterocycles. The third kappa shape index (κ3) is 3.57. The first-order valence-electron chi connectivity index (χ1n) is 10.1. The number of rotatable bonds is 3. The number of fused-ring (bicyclic) bond motifs is 1. The van der Waals surface area contributed by atoms with Gasteiger partial charge in [-0.3, -0.25) is 9.59 Å². The van der Waals surface area contributed by atoms with Crippen molar-refractivity contribution in [3.63, 3.8) is 0 Å². The highest BCUT2D eigenvalue weighted by molar-refractivity contribution is 5.91. The second-order valence-corrected chi connectivity index (χ2v) is 8.05. The molecule has 6 nitrogen and oxygen atoms in total. The number of nitrogens with zero attached hydrogens (tertiary/aromatic N) is 2. The Morgan fingerprint density at radius 1 is 1.19 bits per heavy atom. The highest BCUT2D eigenvalue weighted by atomic mass is 16.2. The molecule has 1 saturated carbocycles. The summed E-state index contributed by atoms with van der Waals surface area (Å²) in [6.45, 7) is 2.94. The van der Waals surface area contributed by atoms with Crippen LogP contribution in [0, 0.1) is 0 Å². The van der Waals surface area contributed by atoms with Crippen molar-refractivity contribution in [2.45, 2.75) is 63.3 Å². The van der Waals surface area contributed by atoms with Crippen LogP contribution in [0.15, 0.2) is 24.3 Å². The summed E-state index contributed by atoms with van der Waals surface area (Å²) in [4.78, 5) is 35.4. The van der Waals surface area contributed by atoms with E-state index in [1.54, 1.807) is 0 Å². The lowest BCUT2D eigenvalue weighted by atomic mass is 9.79. The molecule has 1 atom stereocenters. The summed E-state index contributed by atoms with van der Waals surface area (Å²) in [6.07, 6.45) is 6.60. The predicted octanol–water partition coefficient (Wildman–Crippen LogP) is 3.11. The molecule has 0 radical (unpaired) electrons. The maximum Gasteiger partial charge on any atom is 0.248 e. The first kappa shape index (κ1) is 18.0. The average molecular weight is 368 g/mol. The number of H-pyrrole nitrogens is 1. The van der Waals surface area contributed by atoms with Crippen LogP contribution in [0.25, 0.3) is 11.0 Å². The van der Waals surface area contributed by atoms with Crippen LogP contribution >= 0.6 is 0 Å². The summed E-state index contributed by atoms with van der Waals surface area (Å²) in [7, 11) is 0. The van der Waals surface area contributed by atoms with Gasteiger partial charge in [0.2, 0.25) is 11.8 Å². The molecule has 6 heteroatoms. The van der Waals surface area contributed by atoms with Crippen molar-refractivity contribution in [2.75, 3.05) is 13.1 Å². The normalized spacial score (nSPS) is 22.6. The fourth-order valence-corrected chi connectivity index (χ4v) is 4.74. The highest BCUT2D eigenvalue weighted by Crippen LogP contribution is 2.33. The average Bonchev–Trinajstić information content (AvgIpc) is 3.12. The van der Waals surface area contributed by atoms with Crippen LogP contribution in [0.5, 0.6) is 0 Å². The van der Waals surface area contributed by atoms with Crippen LogP contribution in [0.1, 0.15) is 63.6 Å². The van der Waals surface area contributed by atoms with E-state index in [1.807, 2.05) is 29.2 Å². The van der Waals surface area contributed by atoms with Gasteiger partial charge in [0.05, 0.1) is 11.0 Å². The number of piperidine rings is 1. The van der Waals surface area contributed by atoms with E-state index in [0.717, 1.165) is 68.3 Å². The van der Waals surface area contributed by atoms with E-state index in [1.165, 1.54) is 6.92 Å². The molecule has 2 aliphatic rings. The van der Waals surface area contributed by atoms with Gasteiger partial charge in [0.25, 0.3) is 0 Å². The van der Waals surface area contributed by atoms with Crippen molar-refractivity contribution >= 4 is 22.8 Å². The number of para-hydroxylation sites is 2. The standard InChI is InChI=1S/C21H28N4O2/c1-15(26)24-21(11-5-2-6-12-21)20(27)25-13-7-8-16(14-25)19-22-17-9-3-4-10-18(17)23-19/h3-4,9-10,16H,2,5-8,11-14H2,1H3,(H,22,23)(H,24,26). The van der Waals surface area contributed by atoms with Crippen molar-refractivity contribution in [1.82, 2.24) is 20.2 Å². The van der Waals surface area contributed by atoms with E-state index < -0.39 is 5.54 Å². The third-order valence-corrected chi connectivity index (χ3v) is 6.03. The van der Waals surface area contributed by atoms with Crippen LogP contribution in [0.4, 0.5) is 0 Å². The van der Waals surface area contributed by atoms with E-state index in [-0.39, 0.29) is 17.7 Å². The molecule has 1 unspecified atom stereocenters. The number of likely N-dealkylation sites (tertiary alicyclic amines) is 1. The zero-order valence-electron chi connectivity index (χ0n) is 16.0. The van der Waals surface area contributed by atoms with Crippen molar-refractivity contribution in [2.24, 2.45) is 0 Å². The Labute approximate surface area is 159 Å². The minimum atomic E-state index is -0.708. The van der Waals surface area contributed by atoms with Gasteiger partial charge < -0.3 is 15.2 Å². The van der Waals surface area contributed by atoms with Gasteiger partial charge in [0.15, 0.2) is 0 Å². The largest absolute Gasteiger partial charge is 0.342 e. The fourth-order valence-electron chi connectivity index (χ4n) is 4.74. The summed E-state index contributed by atoms with van der Waals surface area (Å²) in [5.41, 5.74) is 1.30. The second-order valence-electron chi connectivity index (χ2n) is 8.05. The minimum absolute atomic E-state index is 0.0956. The number of aromatic amines is 1. The van der Waals surface area contributed by atoms with Gasteiger partial charge >= 0.3 is 0 Å². The number of benzene rings is 1. The fraction of sp³-hybridized carbons (Fsp3) is 0.571. The summed E-state index contributed by atoms with van der Waals surface area (Å²) in [6, 6.07) is 8.03. The third-order valence-electron chi connectivity index (χ3n) is 6.03. The van der Waals surface area contributed by atoms with Crippen molar-refractivity contribution in [3.05, 3.63) is 30.1 Å². The molecular formula is C21H28N4O2. The molecular weight excluding hydrogens is 340 g/mol. The lowest BCUT2D eigenvalue weighted by Crippen LogP contribution is -2.61. The Hall–Kier alpha value is -2.37. The van der Waals surface area contributed by atoms with Gasteiger partial charge in [-0.15, -0.1) is 0 Å². The van der Waals surface area contributed by atoms with E-state index in [9.17, 15) is 9.59 Å². The van der Waals surface area contributed by atoms with Crippen LogP contribution in [0.3, 0.4) is 0 Å². The molecule has 27 heavy (non-hydrogen) atoms. The monoisotopic (exact) mass is 368 g/mol. The number of carbonyl (C=O) groups excluding carboxylic acids is 2. The highest BCUT2D eigenvalue weighted by Gasteiger charge is 2.43. The Balaban J connectivity index is 1.54. The molecule has 2 fully saturated rings. The molecule has 1 aromatic heterocycles. The Bertz CT molecular complexity index is 805. The molecule has 1 aromatic carbocycles. The molecule has 2 N–H and O–H groups in total. The summed E-state index contributed by atoms with van der Waals surface area (Å²) < 4.78 is 0. The molecule has 144 valence electrons. The van der Waals surface area contributed by atoms with E-state index in [0.29, 0.717) is 6.54 Å². The van der Waals surface area contributed by atoms with Gasteiger partial charge in [-0.25, -0.2) is 4.98 Å². The first-order valence-corrected chi connectivity index (χ1v) is 10.1. The number of imidazole rings is 1. The zero-order valence-corrected chi connectivity index (χ0v) is 16.0. The molecule has 4 rings (SSSR count). The smallest absolute Gasteiger partial charge is 0.248 e. The topological polar surface area (TPSA) is 78.1 Å². The maximum absolute atomic E-state index is 13.4. The number of hydrogen-bond donors (Lipinski definition) is 2.